The molecule has 1 aliphatic rings. The molecule has 0 aliphatic carbocycles. The van der Waals surface area contributed by atoms with Gasteiger partial charge >= 0.3 is 0 Å². The van der Waals surface area contributed by atoms with Crippen molar-refractivity contribution in [2.75, 3.05) is 12.4 Å². The first kappa shape index (κ1) is 12.0. The third-order valence-corrected chi connectivity index (χ3v) is 3.13. The molecule has 0 bridgehead atoms. The van der Waals surface area contributed by atoms with Gasteiger partial charge in [-0.15, -0.1) is 0 Å². The van der Waals surface area contributed by atoms with E-state index in [1.807, 2.05) is 6.08 Å². The van der Waals surface area contributed by atoms with Crippen LogP contribution in [0.25, 0.3) is 5.57 Å². The fourth-order valence-corrected chi connectivity index (χ4v) is 2.19. The van der Waals surface area contributed by atoms with Crippen LogP contribution in [-0.4, -0.2) is 17.5 Å². The average Bonchev–Trinajstić information content (AvgIpc) is 2.28. The zero-order valence-corrected chi connectivity index (χ0v) is 10.0. The van der Waals surface area contributed by atoms with Crippen molar-refractivity contribution in [1.82, 2.24) is 0 Å². The van der Waals surface area contributed by atoms with Crippen LogP contribution in [0, 0.1) is 11.2 Å². The molecule has 2 rings (SSSR count). The average molecular weight is 252 g/mol. The summed E-state index contributed by atoms with van der Waals surface area (Å²) in [5.74, 6) is 0.958. The summed E-state index contributed by atoms with van der Waals surface area (Å²) in [7, 11) is 0. The van der Waals surface area contributed by atoms with Crippen LogP contribution in [0.2, 0.25) is 0 Å². The van der Waals surface area contributed by atoms with Crippen molar-refractivity contribution in [3.05, 3.63) is 35.7 Å². The van der Waals surface area contributed by atoms with E-state index in [9.17, 15) is 4.39 Å². The highest BCUT2D eigenvalue weighted by molar-refractivity contribution is 8.13. The molecule has 90 valence electrons. The standard InChI is InChI=1S/C12H13FN2OS/c13-9-1-2-10-8(4-6-17-12(14)15)3-5-16-11(10)7-9/h1-2,4,7H,3,5-6H2,(H3,14,15)/b8-4+. The number of rotatable bonds is 2. The van der Waals surface area contributed by atoms with Crippen LogP contribution in [0.3, 0.4) is 0 Å². The second-order valence-electron chi connectivity index (χ2n) is 3.64. The van der Waals surface area contributed by atoms with Gasteiger partial charge in [-0.1, -0.05) is 17.8 Å². The monoisotopic (exact) mass is 252 g/mol. The van der Waals surface area contributed by atoms with E-state index >= 15 is 0 Å². The van der Waals surface area contributed by atoms with Gasteiger partial charge in [-0.25, -0.2) is 4.39 Å². The molecule has 0 atom stereocenters. The van der Waals surface area contributed by atoms with E-state index in [1.165, 1.54) is 23.9 Å². The van der Waals surface area contributed by atoms with Crippen LogP contribution < -0.4 is 10.5 Å². The van der Waals surface area contributed by atoms with Crippen LogP contribution >= 0.6 is 11.8 Å². The van der Waals surface area contributed by atoms with Gasteiger partial charge in [-0.2, -0.15) is 0 Å². The molecule has 17 heavy (non-hydrogen) atoms. The van der Waals surface area contributed by atoms with Crippen molar-refractivity contribution in [3.8, 4) is 5.75 Å². The number of halogens is 1. The van der Waals surface area contributed by atoms with E-state index in [0.717, 1.165) is 17.6 Å². The van der Waals surface area contributed by atoms with E-state index in [0.29, 0.717) is 18.1 Å². The first-order valence-electron chi connectivity index (χ1n) is 5.25. The predicted molar refractivity (Wildman–Crippen MR) is 68.9 cm³/mol. The lowest BCUT2D eigenvalue weighted by Gasteiger charge is -2.20. The van der Waals surface area contributed by atoms with E-state index < -0.39 is 0 Å². The number of nitrogens with two attached hydrogens (primary N) is 1. The number of hydrogen-bond donors (Lipinski definition) is 2. The summed E-state index contributed by atoms with van der Waals surface area (Å²) in [5.41, 5.74) is 7.32. The van der Waals surface area contributed by atoms with Crippen LogP contribution in [-0.2, 0) is 0 Å². The van der Waals surface area contributed by atoms with Crippen LogP contribution in [0.5, 0.6) is 5.75 Å². The maximum Gasteiger partial charge on any atom is 0.151 e. The minimum atomic E-state index is -0.289. The molecule has 0 saturated heterocycles. The van der Waals surface area contributed by atoms with E-state index in [4.69, 9.17) is 15.9 Å². The van der Waals surface area contributed by atoms with Crippen LogP contribution in [0.1, 0.15) is 12.0 Å². The summed E-state index contributed by atoms with van der Waals surface area (Å²) in [5, 5.41) is 7.23. The largest absolute Gasteiger partial charge is 0.493 e. The molecule has 0 radical (unpaired) electrons. The fourth-order valence-electron chi connectivity index (χ4n) is 1.73. The quantitative estimate of drug-likeness (QED) is 0.628. The molecule has 1 heterocycles. The highest BCUT2D eigenvalue weighted by Crippen LogP contribution is 2.33. The minimum absolute atomic E-state index is 0.105. The van der Waals surface area contributed by atoms with Crippen molar-refractivity contribution >= 4 is 22.5 Å². The zero-order valence-electron chi connectivity index (χ0n) is 9.20. The summed E-state index contributed by atoms with van der Waals surface area (Å²) < 4.78 is 18.4. The van der Waals surface area contributed by atoms with Gasteiger partial charge in [0.1, 0.15) is 11.6 Å². The Bertz CT molecular complexity index is 474. The number of benzene rings is 1. The smallest absolute Gasteiger partial charge is 0.151 e. The summed E-state index contributed by atoms with van der Waals surface area (Å²) in [6, 6.07) is 4.56. The molecular formula is C12H13FN2OS. The number of hydrogen-bond acceptors (Lipinski definition) is 3. The van der Waals surface area contributed by atoms with Crippen molar-refractivity contribution in [3.63, 3.8) is 0 Å². The Morgan fingerprint density at radius 2 is 2.41 bits per heavy atom. The Hall–Kier alpha value is -1.49. The molecule has 0 amide bonds. The number of thioether (sulfide) groups is 1. The molecule has 0 unspecified atom stereocenters. The third kappa shape index (κ3) is 3.00. The summed E-state index contributed by atoms with van der Waals surface area (Å²) >= 11 is 1.27. The second kappa shape index (κ2) is 5.23. The first-order chi connectivity index (χ1) is 8.16. The van der Waals surface area contributed by atoms with E-state index in [1.54, 1.807) is 6.07 Å². The van der Waals surface area contributed by atoms with Gasteiger partial charge in [-0.3, -0.25) is 5.41 Å². The molecule has 0 saturated carbocycles. The Morgan fingerprint density at radius 3 is 3.18 bits per heavy atom. The summed E-state index contributed by atoms with van der Waals surface area (Å²) in [6.07, 6.45) is 2.82. The first-order valence-corrected chi connectivity index (χ1v) is 6.24. The SMILES string of the molecule is N=C(N)SC/C=C1\CCOc2cc(F)ccc21. The van der Waals surface area contributed by atoms with Gasteiger partial charge < -0.3 is 10.5 Å². The molecular weight excluding hydrogens is 239 g/mol. The maximum atomic E-state index is 13.0. The number of ether oxygens (including phenoxy) is 1. The summed E-state index contributed by atoms with van der Waals surface area (Å²) in [6.45, 7) is 0.563. The lowest BCUT2D eigenvalue weighted by atomic mass is 10.00. The molecule has 1 aliphatic heterocycles. The molecule has 0 fully saturated rings. The number of nitrogens with one attached hydrogen (secondary N) is 1. The fraction of sp³-hybridized carbons (Fsp3) is 0.250. The minimum Gasteiger partial charge on any atom is -0.493 e. The van der Waals surface area contributed by atoms with Gasteiger partial charge in [-0.05, 0) is 17.7 Å². The third-order valence-electron chi connectivity index (χ3n) is 2.49. The van der Waals surface area contributed by atoms with Crippen molar-refractivity contribution in [2.24, 2.45) is 5.73 Å². The van der Waals surface area contributed by atoms with Gasteiger partial charge in [0.15, 0.2) is 5.17 Å². The Kier molecular flexibility index (Phi) is 3.68. The second-order valence-corrected chi connectivity index (χ2v) is 4.71. The molecule has 1 aromatic carbocycles. The number of amidine groups is 1. The Morgan fingerprint density at radius 1 is 1.59 bits per heavy atom. The highest BCUT2D eigenvalue weighted by Gasteiger charge is 2.15. The lowest BCUT2D eigenvalue weighted by molar-refractivity contribution is 0.314. The molecule has 1 aromatic rings. The summed E-state index contributed by atoms with van der Waals surface area (Å²) in [4.78, 5) is 0. The lowest BCUT2D eigenvalue weighted by Crippen LogP contribution is -2.09. The zero-order chi connectivity index (χ0) is 12.3. The van der Waals surface area contributed by atoms with E-state index in [-0.39, 0.29) is 11.0 Å². The van der Waals surface area contributed by atoms with Gasteiger partial charge in [0.05, 0.1) is 6.61 Å². The van der Waals surface area contributed by atoms with Gasteiger partial charge in [0.25, 0.3) is 0 Å². The van der Waals surface area contributed by atoms with Gasteiger partial charge in [0.2, 0.25) is 0 Å². The Labute approximate surface area is 103 Å². The molecule has 3 nitrogen and oxygen atoms in total. The highest BCUT2D eigenvalue weighted by atomic mass is 32.2. The molecule has 0 spiro atoms. The van der Waals surface area contributed by atoms with Crippen molar-refractivity contribution in [1.29, 1.82) is 5.41 Å². The molecule has 3 N–H and O–H groups in total. The Balaban J connectivity index is 2.19. The topological polar surface area (TPSA) is 59.1 Å². The van der Waals surface area contributed by atoms with Gasteiger partial charge in [0, 0.05) is 23.8 Å². The molecule has 0 aromatic heterocycles. The van der Waals surface area contributed by atoms with Crippen LogP contribution in [0.4, 0.5) is 4.39 Å². The van der Waals surface area contributed by atoms with Crippen molar-refractivity contribution < 1.29 is 9.13 Å². The normalized spacial score (nSPS) is 16.4. The van der Waals surface area contributed by atoms with Crippen LogP contribution in [0.15, 0.2) is 24.3 Å². The van der Waals surface area contributed by atoms with E-state index in [2.05, 4.69) is 0 Å². The maximum absolute atomic E-state index is 13.0. The predicted octanol–water partition coefficient (Wildman–Crippen LogP) is 2.62. The number of fused-ring (bicyclic) bond motifs is 1. The van der Waals surface area contributed by atoms with Crippen molar-refractivity contribution in [2.45, 2.75) is 6.42 Å². The molecule has 5 heteroatoms.